The maximum Gasteiger partial charge on any atom is 0.294 e. The molecular weight excluding hydrogens is 314 g/mol. The zero-order chi connectivity index (χ0) is 16.2. The molecule has 23 heavy (non-hydrogen) atoms. The average molecular weight is 331 g/mol. The fraction of sp³-hybridized carbons (Fsp3) is 0.312. The fourth-order valence-corrected chi connectivity index (χ4v) is 3.32. The number of carbonyl (C=O) groups excluding carboxylic acids is 3. The van der Waals surface area contributed by atoms with Crippen LogP contribution in [0.15, 0.2) is 35.2 Å². The molecule has 3 rings (SSSR count). The highest BCUT2D eigenvalue weighted by molar-refractivity contribution is 8.18. The van der Waals surface area contributed by atoms with Crippen molar-refractivity contribution >= 4 is 34.9 Å². The van der Waals surface area contributed by atoms with Gasteiger partial charge in [-0.2, -0.15) is 0 Å². The molecule has 2 aliphatic rings. The van der Waals surface area contributed by atoms with Crippen molar-refractivity contribution in [2.24, 2.45) is 0 Å². The van der Waals surface area contributed by atoms with Crippen molar-refractivity contribution in [1.29, 1.82) is 0 Å². The molecule has 0 radical (unpaired) electrons. The van der Waals surface area contributed by atoms with E-state index in [0.717, 1.165) is 35.3 Å². The zero-order valence-corrected chi connectivity index (χ0v) is 13.3. The number of nitrogens with one attached hydrogen (secondary N) is 1. The Balaban J connectivity index is 1.69. The highest BCUT2D eigenvalue weighted by Crippen LogP contribution is 2.32. The highest BCUT2D eigenvalue weighted by Gasteiger charge is 2.37. The molecular formula is C16H17N3O3S. The van der Waals surface area contributed by atoms with Gasteiger partial charge >= 0.3 is 0 Å². The summed E-state index contributed by atoms with van der Waals surface area (Å²) >= 11 is 0.881. The quantitative estimate of drug-likeness (QED) is 0.842. The van der Waals surface area contributed by atoms with Crippen LogP contribution in [0.4, 0.5) is 4.79 Å². The molecule has 1 aromatic rings. The van der Waals surface area contributed by atoms with E-state index in [1.807, 2.05) is 30.3 Å². The standard InChI is InChI=1S/C16H17N3O3S/c20-14(18-8-6-17-7-9-18)11-19-15(21)13(23-16(19)22)10-12-4-2-1-3-5-12/h1-5,10,17H,6-9,11H2/b13-10+. The first kappa shape index (κ1) is 15.8. The van der Waals surface area contributed by atoms with Gasteiger partial charge in [-0.15, -0.1) is 0 Å². The second-order valence-electron chi connectivity index (χ2n) is 5.31. The van der Waals surface area contributed by atoms with Gasteiger partial charge in [-0.3, -0.25) is 19.3 Å². The molecule has 120 valence electrons. The van der Waals surface area contributed by atoms with Crippen molar-refractivity contribution in [3.8, 4) is 0 Å². The van der Waals surface area contributed by atoms with Gasteiger partial charge in [-0.25, -0.2) is 0 Å². The second kappa shape index (κ2) is 6.97. The number of hydrogen-bond acceptors (Lipinski definition) is 5. The third-order valence-corrected chi connectivity index (χ3v) is 4.64. The SMILES string of the molecule is O=C(CN1C(=O)S/C(=C/c2ccccc2)C1=O)N1CCNCC1. The lowest BCUT2D eigenvalue weighted by molar-refractivity contribution is -0.136. The Morgan fingerprint density at radius 1 is 1.17 bits per heavy atom. The average Bonchev–Trinajstić information content (AvgIpc) is 2.84. The maximum atomic E-state index is 12.4. The predicted molar refractivity (Wildman–Crippen MR) is 88.6 cm³/mol. The summed E-state index contributed by atoms with van der Waals surface area (Å²) in [4.78, 5) is 39.7. The van der Waals surface area contributed by atoms with Crippen LogP contribution in [0.1, 0.15) is 5.56 Å². The van der Waals surface area contributed by atoms with E-state index in [-0.39, 0.29) is 17.7 Å². The van der Waals surface area contributed by atoms with Gasteiger partial charge in [0.1, 0.15) is 6.54 Å². The minimum Gasteiger partial charge on any atom is -0.339 e. The van der Waals surface area contributed by atoms with Gasteiger partial charge in [0.15, 0.2) is 0 Å². The lowest BCUT2D eigenvalue weighted by Gasteiger charge is -2.28. The number of carbonyl (C=O) groups is 3. The Kier molecular flexibility index (Phi) is 4.78. The zero-order valence-electron chi connectivity index (χ0n) is 12.5. The molecule has 0 aliphatic carbocycles. The first-order valence-corrected chi connectivity index (χ1v) is 8.26. The van der Waals surface area contributed by atoms with Gasteiger partial charge in [-0.05, 0) is 23.4 Å². The van der Waals surface area contributed by atoms with Crippen LogP contribution in [0.2, 0.25) is 0 Å². The monoisotopic (exact) mass is 331 g/mol. The number of rotatable bonds is 3. The Bertz CT molecular complexity index is 654. The van der Waals surface area contributed by atoms with E-state index in [2.05, 4.69) is 5.32 Å². The van der Waals surface area contributed by atoms with Crippen LogP contribution < -0.4 is 5.32 Å². The summed E-state index contributed by atoms with van der Waals surface area (Å²) < 4.78 is 0. The van der Waals surface area contributed by atoms with Crippen molar-refractivity contribution in [3.05, 3.63) is 40.8 Å². The third kappa shape index (κ3) is 3.62. The van der Waals surface area contributed by atoms with E-state index in [1.54, 1.807) is 11.0 Å². The molecule has 2 aliphatic heterocycles. The Morgan fingerprint density at radius 2 is 1.87 bits per heavy atom. The van der Waals surface area contributed by atoms with Crippen LogP contribution >= 0.6 is 11.8 Å². The van der Waals surface area contributed by atoms with Crippen molar-refractivity contribution in [2.75, 3.05) is 32.7 Å². The number of benzene rings is 1. The third-order valence-electron chi connectivity index (χ3n) is 3.73. The van der Waals surface area contributed by atoms with Gasteiger partial charge in [-0.1, -0.05) is 30.3 Å². The van der Waals surface area contributed by atoms with Crippen LogP contribution in [-0.2, 0) is 9.59 Å². The van der Waals surface area contributed by atoms with Crippen molar-refractivity contribution in [1.82, 2.24) is 15.1 Å². The maximum absolute atomic E-state index is 12.4. The molecule has 2 saturated heterocycles. The van der Waals surface area contributed by atoms with Gasteiger partial charge in [0, 0.05) is 26.2 Å². The number of thioether (sulfide) groups is 1. The van der Waals surface area contributed by atoms with E-state index >= 15 is 0 Å². The van der Waals surface area contributed by atoms with E-state index in [0.29, 0.717) is 18.0 Å². The first-order chi connectivity index (χ1) is 11.1. The van der Waals surface area contributed by atoms with E-state index in [1.165, 1.54) is 0 Å². The molecule has 0 unspecified atom stereocenters. The number of nitrogens with zero attached hydrogens (tertiary/aromatic N) is 2. The Hall–Kier alpha value is -2.12. The molecule has 0 aromatic heterocycles. The van der Waals surface area contributed by atoms with E-state index < -0.39 is 5.91 Å². The van der Waals surface area contributed by atoms with Crippen molar-refractivity contribution < 1.29 is 14.4 Å². The molecule has 6 nitrogen and oxygen atoms in total. The summed E-state index contributed by atoms with van der Waals surface area (Å²) in [6.45, 7) is 2.50. The topological polar surface area (TPSA) is 69.7 Å². The summed E-state index contributed by atoms with van der Waals surface area (Å²) in [7, 11) is 0. The van der Waals surface area contributed by atoms with Gasteiger partial charge in [0.25, 0.3) is 11.1 Å². The molecule has 1 N–H and O–H groups in total. The molecule has 0 atom stereocenters. The summed E-state index contributed by atoms with van der Waals surface area (Å²) in [6.07, 6.45) is 1.68. The predicted octanol–water partition coefficient (Wildman–Crippen LogP) is 1.15. The molecule has 2 heterocycles. The first-order valence-electron chi connectivity index (χ1n) is 7.44. The van der Waals surface area contributed by atoms with Crippen molar-refractivity contribution in [3.63, 3.8) is 0 Å². The summed E-state index contributed by atoms with van der Waals surface area (Å²) in [5.74, 6) is -0.581. The van der Waals surface area contributed by atoms with Gasteiger partial charge in [0.2, 0.25) is 5.91 Å². The smallest absolute Gasteiger partial charge is 0.294 e. The Morgan fingerprint density at radius 3 is 2.57 bits per heavy atom. The molecule has 0 spiro atoms. The summed E-state index contributed by atoms with van der Waals surface area (Å²) in [5.41, 5.74) is 0.853. The molecule has 0 saturated carbocycles. The normalized spacial score (nSPS) is 20.4. The highest BCUT2D eigenvalue weighted by atomic mass is 32.2. The number of piperazine rings is 1. The molecule has 7 heteroatoms. The largest absolute Gasteiger partial charge is 0.339 e. The number of amides is 3. The van der Waals surface area contributed by atoms with Crippen molar-refractivity contribution in [2.45, 2.75) is 0 Å². The minimum absolute atomic E-state index is 0.184. The molecule has 2 fully saturated rings. The Labute approximate surface area is 138 Å². The summed E-state index contributed by atoms with van der Waals surface area (Å²) in [5, 5.41) is 2.77. The van der Waals surface area contributed by atoms with Gasteiger partial charge in [0.05, 0.1) is 4.91 Å². The van der Waals surface area contributed by atoms with Crippen LogP contribution in [0.3, 0.4) is 0 Å². The van der Waals surface area contributed by atoms with Gasteiger partial charge < -0.3 is 10.2 Å². The number of hydrogen-bond donors (Lipinski definition) is 1. The molecule has 3 amide bonds. The second-order valence-corrected chi connectivity index (χ2v) is 6.30. The van der Waals surface area contributed by atoms with E-state index in [9.17, 15) is 14.4 Å². The molecule has 1 aromatic carbocycles. The van der Waals surface area contributed by atoms with E-state index in [4.69, 9.17) is 0 Å². The van der Waals surface area contributed by atoms with Crippen LogP contribution in [-0.4, -0.2) is 59.6 Å². The minimum atomic E-state index is -0.396. The van der Waals surface area contributed by atoms with Crippen LogP contribution in [0, 0.1) is 0 Å². The van der Waals surface area contributed by atoms with Crippen LogP contribution in [0.5, 0.6) is 0 Å². The summed E-state index contributed by atoms with van der Waals surface area (Å²) in [6, 6.07) is 9.34. The molecule has 0 bridgehead atoms. The fourth-order valence-electron chi connectivity index (χ4n) is 2.49. The lowest BCUT2D eigenvalue weighted by atomic mass is 10.2. The number of imide groups is 1. The van der Waals surface area contributed by atoms with Crippen LogP contribution in [0.25, 0.3) is 6.08 Å². The lowest BCUT2D eigenvalue weighted by Crippen LogP contribution is -2.50.